The third-order valence-electron chi connectivity index (χ3n) is 3.66. The minimum atomic E-state index is -0.422. The molecule has 2 heterocycles. The third-order valence-corrected chi connectivity index (χ3v) is 3.91. The molecule has 1 fully saturated rings. The van der Waals surface area contributed by atoms with Gasteiger partial charge in [0.1, 0.15) is 11.4 Å². The first kappa shape index (κ1) is 16.1. The molecule has 7 heteroatoms. The van der Waals surface area contributed by atoms with Gasteiger partial charge in [-0.15, -0.1) is 11.6 Å². The van der Waals surface area contributed by atoms with Gasteiger partial charge in [0.2, 0.25) is 0 Å². The van der Waals surface area contributed by atoms with Crippen molar-refractivity contribution in [2.24, 2.45) is 0 Å². The van der Waals surface area contributed by atoms with Crippen LogP contribution in [0, 0.1) is 0 Å². The monoisotopic (exact) mass is 312 g/mol. The van der Waals surface area contributed by atoms with Crippen molar-refractivity contribution in [2.45, 2.75) is 18.8 Å². The number of carbonyl (C=O) groups excluding carboxylic acids is 1. The lowest BCUT2D eigenvalue weighted by molar-refractivity contribution is 0.0523. The second-order valence-electron chi connectivity index (χ2n) is 5.20. The third kappa shape index (κ3) is 3.70. The second kappa shape index (κ2) is 7.15. The molecule has 6 nitrogen and oxygen atoms in total. The van der Waals surface area contributed by atoms with Gasteiger partial charge in [-0.1, -0.05) is 0 Å². The number of likely N-dealkylation sites (N-methyl/N-ethyl adjacent to an activating group) is 2. The first-order valence-corrected chi connectivity index (χ1v) is 7.58. The van der Waals surface area contributed by atoms with Gasteiger partial charge in [0, 0.05) is 25.8 Å². The topological polar surface area (TPSA) is 58.6 Å². The van der Waals surface area contributed by atoms with E-state index in [0.29, 0.717) is 23.7 Å². The average molecular weight is 313 g/mol. The van der Waals surface area contributed by atoms with Crippen LogP contribution >= 0.6 is 11.6 Å². The van der Waals surface area contributed by atoms with Crippen LogP contribution in [0.2, 0.25) is 0 Å². The van der Waals surface area contributed by atoms with E-state index in [2.05, 4.69) is 33.9 Å². The van der Waals surface area contributed by atoms with Crippen molar-refractivity contribution >= 4 is 17.6 Å². The van der Waals surface area contributed by atoms with Crippen LogP contribution in [-0.4, -0.2) is 66.1 Å². The Morgan fingerprint density at radius 3 is 2.90 bits per heavy atom. The molecule has 0 saturated carbocycles. The van der Waals surface area contributed by atoms with Crippen LogP contribution in [0.3, 0.4) is 0 Å². The zero-order chi connectivity index (χ0) is 15.4. The molecule has 2 rings (SSSR count). The van der Waals surface area contributed by atoms with E-state index in [0.717, 1.165) is 19.6 Å². The molecule has 0 aromatic carbocycles. The fraction of sp³-hybridized carbons (Fsp3) is 0.643. The number of piperazine rings is 1. The molecule has 0 spiro atoms. The molecular formula is C14H21ClN4O2. The Bertz CT molecular complexity index is 512. The molecule has 0 aliphatic carbocycles. The molecular weight excluding hydrogens is 292 g/mol. The number of alkyl halides is 1. The smallest absolute Gasteiger partial charge is 0.341 e. The lowest BCUT2D eigenvalue weighted by Crippen LogP contribution is -2.45. The van der Waals surface area contributed by atoms with E-state index in [9.17, 15) is 4.79 Å². The summed E-state index contributed by atoms with van der Waals surface area (Å²) >= 11 is 5.93. The Morgan fingerprint density at radius 2 is 2.24 bits per heavy atom. The molecule has 116 valence electrons. The Labute approximate surface area is 130 Å². The molecule has 1 atom stereocenters. The predicted octanol–water partition coefficient (Wildman–Crippen LogP) is 1.31. The Morgan fingerprint density at radius 1 is 1.48 bits per heavy atom. The fourth-order valence-electron chi connectivity index (χ4n) is 2.36. The molecule has 1 aliphatic heterocycles. The highest BCUT2D eigenvalue weighted by molar-refractivity contribution is 6.17. The lowest BCUT2D eigenvalue weighted by atomic mass is 10.1. The standard InChI is InChI=1S/C14H21ClN4O2/c1-4-21-14(20)10-8-16-13(17-11(10)7-15)12-9-18(2)5-6-19(12)3/h8,12H,4-7,9H2,1-3H3. The van der Waals surface area contributed by atoms with Crippen LogP contribution in [-0.2, 0) is 10.6 Å². The average Bonchev–Trinajstić information content (AvgIpc) is 2.49. The van der Waals surface area contributed by atoms with Crippen LogP contribution in [0.1, 0.15) is 34.8 Å². The maximum Gasteiger partial charge on any atom is 0.341 e. The molecule has 21 heavy (non-hydrogen) atoms. The minimum absolute atomic E-state index is 0.113. The van der Waals surface area contributed by atoms with E-state index in [1.807, 2.05) is 0 Å². The van der Waals surface area contributed by atoms with Crippen LogP contribution in [0.15, 0.2) is 6.20 Å². The van der Waals surface area contributed by atoms with E-state index < -0.39 is 5.97 Å². The quantitative estimate of drug-likeness (QED) is 0.617. The van der Waals surface area contributed by atoms with Gasteiger partial charge in [0.25, 0.3) is 0 Å². The Balaban J connectivity index is 2.27. The van der Waals surface area contributed by atoms with Crippen LogP contribution in [0.5, 0.6) is 0 Å². The Hall–Kier alpha value is -1.24. The Kier molecular flexibility index (Phi) is 5.50. The van der Waals surface area contributed by atoms with Gasteiger partial charge in [-0.25, -0.2) is 14.8 Å². The fourth-order valence-corrected chi connectivity index (χ4v) is 2.57. The maximum absolute atomic E-state index is 11.8. The molecule has 0 N–H and O–H groups in total. The highest BCUT2D eigenvalue weighted by atomic mass is 35.5. The number of aromatic nitrogens is 2. The van der Waals surface area contributed by atoms with E-state index >= 15 is 0 Å². The van der Waals surface area contributed by atoms with E-state index in [1.165, 1.54) is 6.20 Å². The summed E-state index contributed by atoms with van der Waals surface area (Å²) in [4.78, 5) is 25.2. The molecule has 0 amide bonds. The summed E-state index contributed by atoms with van der Waals surface area (Å²) in [5.74, 6) is 0.442. The molecule has 1 aromatic rings. The first-order valence-electron chi connectivity index (χ1n) is 7.04. The van der Waals surface area contributed by atoms with Crippen LogP contribution < -0.4 is 0 Å². The maximum atomic E-state index is 11.8. The largest absolute Gasteiger partial charge is 0.462 e. The normalized spacial score (nSPS) is 20.5. The molecule has 0 radical (unpaired) electrons. The van der Waals surface area contributed by atoms with Gasteiger partial charge in [-0.3, -0.25) is 4.90 Å². The summed E-state index contributed by atoms with van der Waals surface area (Å²) in [5.41, 5.74) is 0.879. The van der Waals surface area contributed by atoms with Crippen molar-refractivity contribution in [1.29, 1.82) is 0 Å². The number of rotatable bonds is 4. The molecule has 1 saturated heterocycles. The number of hydrogen-bond acceptors (Lipinski definition) is 6. The van der Waals surface area contributed by atoms with Gasteiger partial charge in [0.15, 0.2) is 0 Å². The first-order chi connectivity index (χ1) is 10.1. The lowest BCUT2D eigenvalue weighted by Gasteiger charge is -2.36. The van der Waals surface area contributed by atoms with Gasteiger partial charge in [-0.2, -0.15) is 0 Å². The minimum Gasteiger partial charge on any atom is -0.462 e. The van der Waals surface area contributed by atoms with Crippen LogP contribution in [0.4, 0.5) is 0 Å². The highest BCUT2D eigenvalue weighted by Gasteiger charge is 2.27. The zero-order valence-electron chi connectivity index (χ0n) is 12.7. The SMILES string of the molecule is CCOC(=O)c1cnc(C2CN(C)CCN2C)nc1CCl. The van der Waals surface area contributed by atoms with E-state index in [1.54, 1.807) is 6.92 Å². The summed E-state index contributed by atoms with van der Waals surface area (Å²) < 4.78 is 5.00. The number of halogens is 1. The molecule has 0 bridgehead atoms. The number of hydrogen-bond donors (Lipinski definition) is 0. The number of ether oxygens (including phenoxy) is 1. The van der Waals surface area contributed by atoms with Crippen LogP contribution in [0.25, 0.3) is 0 Å². The van der Waals surface area contributed by atoms with Gasteiger partial charge in [0.05, 0.1) is 24.2 Å². The number of nitrogens with zero attached hydrogens (tertiary/aromatic N) is 4. The van der Waals surface area contributed by atoms with Gasteiger partial charge in [-0.05, 0) is 21.0 Å². The summed E-state index contributed by atoms with van der Waals surface area (Å²) in [7, 11) is 4.14. The van der Waals surface area contributed by atoms with Crippen molar-refractivity contribution < 1.29 is 9.53 Å². The van der Waals surface area contributed by atoms with Crippen molar-refractivity contribution in [1.82, 2.24) is 19.8 Å². The predicted molar refractivity (Wildman–Crippen MR) is 80.4 cm³/mol. The van der Waals surface area contributed by atoms with Crippen molar-refractivity contribution in [3.05, 3.63) is 23.3 Å². The van der Waals surface area contributed by atoms with Gasteiger partial charge < -0.3 is 9.64 Å². The van der Waals surface area contributed by atoms with Gasteiger partial charge >= 0.3 is 5.97 Å². The second-order valence-corrected chi connectivity index (χ2v) is 5.47. The van der Waals surface area contributed by atoms with E-state index in [-0.39, 0.29) is 11.9 Å². The molecule has 1 aliphatic rings. The summed E-state index contributed by atoms with van der Waals surface area (Å²) in [5, 5.41) is 0. The highest BCUT2D eigenvalue weighted by Crippen LogP contribution is 2.22. The molecule has 1 aromatic heterocycles. The van der Waals surface area contributed by atoms with Crippen molar-refractivity contribution in [3.63, 3.8) is 0 Å². The molecule has 1 unspecified atom stereocenters. The summed E-state index contributed by atoms with van der Waals surface area (Å²) in [6, 6.07) is 0.113. The van der Waals surface area contributed by atoms with E-state index in [4.69, 9.17) is 16.3 Å². The van der Waals surface area contributed by atoms with Crippen molar-refractivity contribution in [2.75, 3.05) is 40.3 Å². The zero-order valence-corrected chi connectivity index (χ0v) is 13.4. The number of carbonyl (C=O) groups is 1. The van der Waals surface area contributed by atoms with Crippen molar-refractivity contribution in [3.8, 4) is 0 Å². The summed E-state index contributed by atoms with van der Waals surface area (Å²) in [6.45, 7) is 4.92. The summed E-state index contributed by atoms with van der Waals surface area (Å²) in [6.07, 6.45) is 1.53. The number of esters is 1.